The summed E-state index contributed by atoms with van der Waals surface area (Å²) in [6, 6.07) is 3.60. The first-order chi connectivity index (χ1) is 14.4. The summed E-state index contributed by atoms with van der Waals surface area (Å²) in [5.74, 6) is -2.47. The molecule has 11 heteroatoms. The van der Waals surface area contributed by atoms with Crippen LogP contribution in [-0.4, -0.2) is 55.5 Å². The molecule has 0 saturated carbocycles. The predicted octanol–water partition coefficient (Wildman–Crippen LogP) is 2.00. The lowest BCUT2D eigenvalue weighted by Gasteiger charge is -2.21. The van der Waals surface area contributed by atoms with Gasteiger partial charge in [-0.3, -0.25) is 9.48 Å². The molecule has 0 N–H and O–H groups in total. The summed E-state index contributed by atoms with van der Waals surface area (Å²) >= 11 is 0. The number of hydrogen-bond acceptors (Lipinski definition) is 8. The third kappa shape index (κ3) is 5.10. The Morgan fingerprint density at radius 2 is 1.42 bits per heavy atom. The number of rotatable bonds is 7. The molecule has 0 saturated heterocycles. The van der Waals surface area contributed by atoms with E-state index in [0.717, 1.165) is 6.26 Å². The van der Waals surface area contributed by atoms with Crippen LogP contribution in [0.25, 0.3) is 0 Å². The largest absolute Gasteiger partial charge is 0.462 e. The molecule has 10 nitrogen and oxygen atoms in total. The SMILES string of the molecule is CCOC(=O)c1cc(C(=O)OCC)cc(C(=O)N(c2c(C)nn(C)c2C)S(C)(=O)=O)c1. The molecule has 1 amide bonds. The van der Waals surface area contributed by atoms with Crippen LogP contribution in [0.1, 0.15) is 56.3 Å². The molecular weight excluding hydrogens is 426 g/mol. The van der Waals surface area contributed by atoms with Crippen LogP contribution in [0.5, 0.6) is 0 Å². The average Bonchev–Trinajstić information content (AvgIpc) is 2.93. The minimum absolute atomic E-state index is 0.0787. The summed E-state index contributed by atoms with van der Waals surface area (Å²) in [4.78, 5) is 37.9. The number of benzene rings is 1. The fourth-order valence-electron chi connectivity index (χ4n) is 3.01. The van der Waals surface area contributed by atoms with E-state index in [4.69, 9.17) is 9.47 Å². The second-order valence-corrected chi connectivity index (χ2v) is 8.55. The third-order valence-electron chi connectivity index (χ3n) is 4.39. The minimum Gasteiger partial charge on any atom is -0.462 e. The van der Waals surface area contributed by atoms with Gasteiger partial charge in [0.15, 0.2) is 0 Å². The van der Waals surface area contributed by atoms with E-state index in [-0.39, 0.29) is 35.6 Å². The van der Waals surface area contributed by atoms with E-state index in [9.17, 15) is 22.8 Å². The monoisotopic (exact) mass is 451 g/mol. The zero-order valence-corrected chi connectivity index (χ0v) is 19.1. The number of carbonyl (C=O) groups excluding carboxylic acids is 3. The second-order valence-electron chi connectivity index (χ2n) is 6.72. The third-order valence-corrected chi connectivity index (χ3v) is 5.40. The molecule has 0 aliphatic heterocycles. The highest BCUT2D eigenvalue weighted by Crippen LogP contribution is 2.28. The van der Waals surface area contributed by atoms with Crippen LogP contribution in [0.3, 0.4) is 0 Å². The van der Waals surface area contributed by atoms with E-state index in [1.165, 1.54) is 22.9 Å². The Kier molecular flexibility index (Phi) is 7.21. The summed E-state index contributed by atoms with van der Waals surface area (Å²) < 4.78 is 37.2. The normalized spacial score (nSPS) is 11.2. The smallest absolute Gasteiger partial charge is 0.338 e. The highest BCUT2D eigenvalue weighted by molar-refractivity contribution is 7.92. The van der Waals surface area contributed by atoms with E-state index >= 15 is 0 Å². The zero-order valence-electron chi connectivity index (χ0n) is 18.3. The van der Waals surface area contributed by atoms with Gasteiger partial charge in [-0.05, 0) is 45.9 Å². The molecule has 1 aromatic heterocycles. The number of hydrogen-bond donors (Lipinski definition) is 0. The number of amides is 1. The van der Waals surface area contributed by atoms with Gasteiger partial charge in [-0.2, -0.15) is 9.40 Å². The number of carbonyl (C=O) groups is 3. The molecule has 31 heavy (non-hydrogen) atoms. The van der Waals surface area contributed by atoms with Gasteiger partial charge < -0.3 is 9.47 Å². The summed E-state index contributed by atoms with van der Waals surface area (Å²) in [5.41, 5.74) is 0.526. The van der Waals surface area contributed by atoms with Crippen LogP contribution in [0.15, 0.2) is 18.2 Å². The lowest BCUT2D eigenvalue weighted by Crippen LogP contribution is -2.37. The van der Waals surface area contributed by atoms with Crippen molar-refractivity contribution in [3.63, 3.8) is 0 Å². The highest BCUT2D eigenvalue weighted by atomic mass is 32.2. The number of ether oxygens (including phenoxy) is 2. The van der Waals surface area contributed by atoms with Crippen molar-refractivity contribution in [3.8, 4) is 0 Å². The Labute approximate surface area is 180 Å². The van der Waals surface area contributed by atoms with Gasteiger partial charge in [-0.25, -0.2) is 18.0 Å². The molecule has 168 valence electrons. The van der Waals surface area contributed by atoms with Crippen LogP contribution >= 0.6 is 0 Å². The van der Waals surface area contributed by atoms with Gasteiger partial charge in [-0.15, -0.1) is 0 Å². The molecule has 0 aliphatic carbocycles. The Hall–Kier alpha value is -3.21. The van der Waals surface area contributed by atoms with Crippen molar-refractivity contribution in [1.29, 1.82) is 0 Å². The van der Waals surface area contributed by atoms with E-state index in [1.807, 2.05) is 0 Å². The van der Waals surface area contributed by atoms with Crippen molar-refractivity contribution < 1.29 is 32.3 Å². The average molecular weight is 452 g/mol. The van der Waals surface area contributed by atoms with E-state index in [1.54, 1.807) is 34.7 Å². The molecule has 0 bridgehead atoms. The number of aryl methyl sites for hydroxylation is 2. The van der Waals surface area contributed by atoms with Gasteiger partial charge in [0.2, 0.25) is 10.0 Å². The van der Waals surface area contributed by atoms with Crippen LogP contribution in [0.2, 0.25) is 0 Å². The molecule has 2 aromatic rings. The number of nitrogens with zero attached hydrogens (tertiary/aromatic N) is 3. The van der Waals surface area contributed by atoms with Crippen LogP contribution in [0.4, 0.5) is 5.69 Å². The Bertz CT molecular complexity index is 1100. The molecule has 1 aromatic carbocycles. The Morgan fingerprint density at radius 1 is 0.968 bits per heavy atom. The van der Waals surface area contributed by atoms with E-state index in [0.29, 0.717) is 15.7 Å². The molecule has 0 aliphatic rings. The lowest BCUT2D eigenvalue weighted by molar-refractivity contribution is 0.0525. The molecule has 0 radical (unpaired) electrons. The maximum absolute atomic E-state index is 13.4. The number of anilines is 1. The molecule has 0 fully saturated rings. The maximum Gasteiger partial charge on any atom is 0.338 e. The van der Waals surface area contributed by atoms with Gasteiger partial charge in [0, 0.05) is 12.6 Å². The standard InChI is InChI=1S/C20H25N3O7S/c1-7-29-19(25)15-9-14(10-16(11-15)20(26)30-8-2)18(24)23(31(6,27)28)17-12(3)21-22(5)13(17)4/h9-11H,7-8H2,1-6H3. The number of aromatic nitrogens is 2. The topological polar surface area (TPSA) is 125 Å². The van der Waals surface area contributed by atoms with Crippen molar-refractivity contribution >= 4 is 33.6 Å². The van der Waals surface area contributed by atoms with Gasteiger partial charge >= 0.3 is 11.9 Å². The molecule has 2 rings (SSSR count). The first-order valence-corrected chi connectivity index (χ1v) is 11.3. The summed E-state index contributed by atoms with van der Waals surface area (Å²) in [7, 11) is -2.46. The zero-order chi connectivity index (χ0) is 23.5. The van der Waals surface area contributed by atoms with Crippen molar-refractivity contribution in [2.24, 2.45) is 7.05 Å². The van der Waals surface area contributed by atoms with Crippen molar-refractivity contribution in [2.75, 3.05) is 23.8 Å². The molecule has 1 heterocycles. The first kappa shape index (κ1) is 24.1. The number of esters is 2. The van der Waals surface area contributed by atoms with Gasteiger partial charge in [-0.1, -0.05) is 0 Å². The fraction of sp³-hybridized carbons (Fsp3) is 0.400. The molecular formula is C20H25N3O7S. The van der Waals surface area contributed by atoms with E-state index < -0.39 is 27.9 Å². The molecule has 0 unspecified atom stereocenters. The predicted molar refractivity (Wildman–Crippen MR) is 113 cm³/mol. The summed E-state index contributed by atoms with van der Waals surface area (Å²) in [6.07, 6.45) is 0.887. The van der Waals surface area contributed by atoms with Crippen molar-refractivity contribution in [3.05, 3.63) is 46.3 Å². The minimum atomic E-state index is -4.09. The summed E-state index contributed by atoms with van der Waals surface area (Å²) in [6.45, 7) is 6.58. The van der Waals surface area contributed by atoms with Gasteiger partial charge in [0.25, 0.3) is 5.91 Å². The van der Waals surface area contributed by atoms with Gasteiger partial charge in [0.05, 0.1) is 42.0 Å². The van der Waals surface area contributed by atoms with Crippen LogP contribution in [-0.2, 0) is 26.5 Å². The van der Waals surface area contributed by atoms with Gasteiger partial charge in [0.1, 0.15) is 5.69 Å². The molecule has 0 atom stereocenters. The lowest BCUT2D eigenvalue weighted by atomic mass is 10.0. The Morgan fingerprint density at radius 3 is 1.77 bits per heavy atom. The van der Waals surface area contributed by atoms with Crippen molar-refractivity contribution in [1.82, 2.24) is 9.78 Å². The summed E-state index contributed by atoms with van der Waals surface area (Å²) in [5, 5.41) is 4.17. The van der Waals surface area contributed by atoms with Crippen LogP contribution < -0.4 is 4.31 Å². The first-order valence-electron chi connectivity index (χ1n) is 9.46. The fourth-order valence-corrected chi connectivity index (χ4v) is 4.01. The second kappa shape index (κ2) is 9.29. The highest BCUT2D eigenvalue weighted by Gasteiger charge is 2.32. The van der Waals surface area contributed by atoms with Crippen molar-refractivity contribution in [2.45, 2.75) is 27.7 Å². The maximum atomic E-state index is 13.4. The Balaban J connectivity index is 2.71. The quantitative estimate of drug-likeness (QED) is 0.585. The van der Waals surface area contributed by atoms with E-state index in [2.05, 4.69) is 5.10 Å². The number of sulfonamides is 1. The van der Waals surface area contributed by atoms with Crippen LogP contribution in [0, 0.1) is 13.8 Å². The molecule has 0 spiro atoms.